The number of carbonyl (C=O) groups excluding carboxylic acids is 2. The molecule has 0 radical (unpaired) electrons. The van der Waals surface area contributed by atoms with Gasteiger partial charge in [-0.1, -0.05) is 0 Å². The second-order valence-corrected chi connectivity index (χ2v) is 5.78. The molecule has 28 heavy (non-hydrogen) atoms. The SMILES string of the molecule is CCn1c(CNC(=O)CNC(=O)c2ccc(OC(F)F)c(OC)c2)n[nH]c1=S. The third-order valence-corrected chi connectivity index (χ3v) is 3.96. The Morgan fingerprint density at radius 2 is 2.07 bits per heavy atom. The standard InChI is InChI=1S/C16H19F2N5O4S/c1-3-23-12(21-22-16(23)28)7-19-13(24)8-20-14(25)9-4-5-10(27-15(17)18)11(6-9)26-2/h4-6,15H,3,7-8H2,1-2H3,(H,19,24)(H,20,25)(H,22,28). The smallest absolute Gasteiger partial charge is 0.387 e. The van der Waals surface area contributed by atoms with E-state index in [2.05, 4.69) is 25.6 Å². The normalized spacial score (nSPS) is 10.6. The van der Waals surface area contributed by atoms with E-state index in [0.29, 0.717) is 17.1 Å². The van der Waals surface area contributed by atoms with Gasteiger partial charge in [0.15, 0.2) is 22.1 Å². The van der Waals surface area contributed by atoms with E-state index in [1.807, 2.05) is 6.92 Å². The monoisotopic (exact) mass is 415 g/mol. The molecule has 1 aromatic carbocycles. The Labute approximate surface area is 164 Å². The zero-order valence-electron chi connectivity index (χ0n) is 15.1. The molecular weight excluding hydrogens is 396 g/mol. The maximum Gasteiger partial charge on any atom is 0.387 e. The Morgan fingerprint density at radius 1 is 1.32 bits per heavy atom. The molecule has 2 aromatic rings. The van der Waals surface area contributed by atoms with Crippen LogP contribution in [0.1, 0.15) is 23.1 Å². The van der Waals surface area contributed by atoms with Crippen molar-refractivity contribution in [2.75, 3.05) is 13.7 Å². The molecule has 3 N–H and O–H groups in total. The van der Waals surface area contributed by atoms with Gasteiger partial charge in [0.1, 0.15) is 0 Å². The summed E-state index contributed by atoms with van der Waals surface area (Å²) >= 11 is 5.06. The number of hydrogen-bond acceptors (Lipinski definition) is 6. The van der Waals surface area contributed by atoms with Crippen LogP contribution in [-0.4, -0.2) is 46.8 Å². The first-order valence-corrected chi connectivity index (χ1v) is 8.58. The quantitative estimate of drug-likeness (QED) is 0.537. The number of hydrogen-bond donors (Lipinski definition) is 3. The molecule has 0 saturated carbocycles. The third kappa shape index (κ3) is 5.49. The van der Waals surface area contributed by atoms with Crippen molar-refractivity contribution < 1.29 is 27.8 Å². The molecule has 0 fully saturated rings. The highest BCUT2D eigenvalue weighted by molar-refractivity contribution is 7.71. The number of H-pyrrole nitrogens is 1. The number of ether oxygens (including phenoxy) is 2. The highest BCUT2D eigenvalue weighted by atomic mass is 32.1. The minimum absolute atomic E-state index is 0.0280. The molecule has 0 unspecified atom stereocenters. The molecule has 0 aliphatic rings. The Hall–Kier alpha value is -3.02. The van der Waals surface area contributed by atoms with Crippen LogP contribution in [-0.2, 0) is 17.9 Å². The van der Waals surface area contributed by atoms with E-state index < -0.39 is 18.4 Å². The largest absolute Gasteiger partial charge is 0.493 e. The van der Waals surface area contributed by atoms with Gasteiger partial charge in [-0.15, -0.1) is 0 Å². The van der Waals surface area contributed by atoms with Crippen molar-refractivity contribution in [3.8, 4) is 11.5 Å². The Morgan fingerprint density at radius 3 is 2.71 bits per heavy atom. The maximum atomic E-state index is 12.3. The Bertz CT molecular complexity index is 899. The van der Waals surface area contributed by atoms with Crippen molar-refractivity contribution >= 4 is 24.0 Å². The summed E-state index contributed by atoms with van der Waals surface area (Å²) in [6, 6.07) is 3.71. The lowest BCUT2D eigenvalue weighted by Gasteiger charge is -2.11. The molecule has 1 aromatic heterocycles. The van der Waals surface area contributed by atoms with Crippen LogP contribution >= 0.6 is 12.2 Å². The first-order valence-electron chi connectivity index (χ1n) is 8.17. The predicted molar refractivity (Wildman–Crippen MR) is 96.9 cm³/mol. The van der Waals surface area contributed by atoms with Crippen LogP contribution in [0.4, 0.5) is 8.78 Å². The summed E-state index contributed by atoms with van der Waals surface area (Å²) in [5.41, 5.74) is 0.123. The molecule has 2 rings (SSSR count). The first-order chi connectivity index (χ1) is 13.3. The number of nitrogens with zero attached hydrogens (tertiary/aromatic N) is 2. The van der Waals surface area contributed by atoms with Crippen molar-refractivity contribution in [2.24, 2.45) is 0 Å². The van der Waals surface area contributed by atoms with E-state index in [4.69, 9.17) is 17.0 Å². The summed E-state index contributed by atoms with van der Waals surface area (Å²) in [7, 11) is 1.26. The van der Waals surface area contributed by atoms with Crippen LogP contribution in [0.3, 0.4) is 0 Å². The van der Waals surface area contributed by atoms with Crippen molar-refractivity contribution in [2.45, 2.75) is 26.6 Å². The number of carbonyl (C=O) groups is 2. The number of alkyl halides is 2. The van der Waals surface area contributed by atoms with Gasteiger partial charge < -0.3 is 24.7 Å². The molecule has 0 spiro atoms. The zero-order valence-corrected chi connectivity index (χ0v) is 15.9. The van der Waals surface area contributed by atoms with Gasteiger partial charge in [-0.2, -0.15) is 13.9 Å². The fourth-order valence-corrected chi connectivity index (χ4v) is 2.60. The van der Waals surface area contributed by atoms with Gasteiger partial charge in [0, 0.05) is 12.1 Å². The van der Waals surface area contributed by atoms with Crippen LogP contribution in [0.25, 0.3) is 0 Å². The lowest BCUT2D eigenvalue weighted by Crippen LogP contribution is -2.37. The number of nitrogens with one attached hydrogen (secondary N) is 3. The van der Waals surface area contributed by atoms with Crippen molar-refractivity contribution in [1.82, 2.24) is 25.4 Å². The molecule has 1 heterocycles. The van der Waals surface area contributed by atoms with E-state index in [-0.39, 0.29) is 30.2 Å². The molecule has 0 atom stereocenters. The second kappa shape index (κ2) is 9.78. The summed E-state index contributed by atoms with van der Waals surface area (Å²) in [5, 5.41) is 11.7. The number of aromatic amines is 1. The predicted octanol–water partition coefficient (Wildman–Crippen LogP) is 1.62. The van der Waals surface area contributed by atoms with Crippen molar-refractivity contribution in [1.29, 1.82) is 0 Å². The maximum absolute atomic E-state index is 12.3. The molecule has 2 amide bonds. The highest BCUT2D eigenvalue weighted by Gasteiger charge is 2.15. The molecule has 0 aliphatic heterocycles. The van der Waals surface area contributed by atoms with E-state index in [9.17, 15) is 18.4 Å². The highest BCUT2D eigenvalue weighted by Crippen LogP contribution is 2.29. The summed E-state index contributed by atoms with van der Waals surface area (Å²) in [6.45, 7) is -0.667. The van der Waals surface area contributed by atoms with Crippen molar-refractivity contribution in [3.63, 3.8) is 0 Å². The number of methoxy groups -OCH3 is 1. The van der Waals surface area contributed by atoms with Gasteiger partial charge in [0.05, 0.1) is 20.2 Å². The average molecular weight is 415 g/mol. The van der Waals surface area contributed by atoms with Crippen LogP contribution in [0.15, 0.2) is 18.2 Å². The number of rotatable bonds is 9. The Balaban J connectivity index is 1.90. The van der Waals surface area contributed by atoms with Gasteiger partial charge in [0.2, 0.25) is 5.91 Å². The minimum atomic E-state index is -3.02. The Kier molecular flexibility index (Phi) is 7.44. The lowest BCUT2D eigenvalue weighted by molar-refractivity contribution is -0.120. The van der Waals surface area contributed by atoms with E-state index in [0.717, 1.165) is 0 Å². The molecular formula is C16H19F2N5O4S. The van der Waals surface area contributed by atoms with Gasteiger partial charge >= 0.3 is 6.61 Å². The molecule has 152 valence electrons. The van der Waals surface area contributed by atoms with Gasteiger partial charge in [-0.05, 0) is 37.3 Å². The summed E-state index contributed by atoms with van der Waals surface area (Å²) in [5.74, 6) is -0.676. The fourth-order valence-electron chi connectivity index (χ4n) is 2.32. The molecule has 9 nitrogen and oxygen atoms in total. The average Bonchev–Trinajstić information content (AvgIpc) is 3.03. The number of halogens is 2. The summed E-state index contributed by atoms with van der Waals surface area (Å²) in [4.78, 5) is 24.1. The lowest BCUT2D eigenvalue weighted by atomic mass is 10.2. The fraction of sp³-hybridized carbons (Fsp3) is 0.375. The summed E-state index contributed by atoms with van der Waals surface area (Å²) in [6.07, 6.45) is 0. The number of amides is 2. The first kappa shape index (κ1) is 21.3. The van der Waals surface area contributed by atoms with Gasteiger partial charge in [-0.25, -0.2) is 0 Å². The second-order valence-electron chi connectivity index (χ2n) is 5.39. The van der Waals surface area contributed by atoms with Crippen LogP contribution in [0, 0.1) is 4.77 Å². The molecule has 0 bridgehead atoms. The minimum Gasteiger partial charge on any atom is -0.493 e. The molecule has 0 saturated heterocycles. The summed E-state index contributed by atoms with van der Waals surface area (Å²) < 4.78 is 36.1. The van der Waals surface area contributed by atoms with Gasteiger partial charge in [0.25, 0.3) is 5.91 Å². The number of benzene rings is 1. The van der Waals surface area contributed by atoms with Crippen LogP contribution in [0.5, 0.6) is 11.5 Å². The van der Waals surface area contributed by atoms with E-state index in [1.54, 1.807) is 4.57 Å². The topological polar surface area (TPSA) is 110 Å². The van der Waals surface area contributed by atoms with Crippen molar-refractivity contribution in [3.05, 3.63) is 34.4 Å². The third-order valence-electron chi connectivity index (χ3n) is 3.65. The van der Waals surface area contributed by atoms with Crippen LogP contribution in [0.2, 0.25) is 0 Å². The zero-order chi connectivity index (χ0) is 20.7. The molecule has 0 aliphatic carbocycles. The van der Waals surface area contributed by atoms with E-state index >= 15 is 0 Å². The number of aromatic nitrogens is 3. The molecule has 12 heteroatoms. The van der Waals surface area contributed by atoms with Crippen LogP contribution < -0.4 is 20.1 Å². The van der Waals surface area contributed by atoms with Gasteiger partial charge in [-0.3, -0.25) is 14.7 Å². The van der Waals surface area contributed by atoms with E-state index in [1.165, 1.54) is 25.3 Å².